The van der Waals surface area contributed by atoms with Crippen LogP contribution in [0.25, 0.3) is 0 Å². The van der Waals surface area contributed by atoms with E-state index < -0.39 is 0 Å². The molecule has 1 aromatic heterocycles. The van der Waals surface area contributed by atoms with Gasteiger partial charge in [0, 0.05) is 28.5 Å². The molecule has 0 fully saturated rings. The predicted octanol–water partition coefficient (Wildman–Crippen LogP) is 6.67. The first-order valence-electron chi connectivity index (χ1n) is 12.1. The molecule has 0 radical (unpaired) electrons. The maximum atomic E-state index is 13.0. The summed E-state index contributed by atoms with van der Waals surface area (Å²) < 4.78 is 7.76. The van der Waals surface area contributed by atoms with Gasteiger partial charge in [0.2, 0.25) is 11.1 Å². The van der Waals surface area contributed by atoms with Crippen LogP contribution in [0.3, 0.4) is 0 Å². The summed E-state index contributed by atoms with van der Waals surface area (Å²) in [6.07, 6.45) is 3.26. The third-order valence-electron chi connectivity index (χ3n) is 6.32. The number of anilines is 1. The molecule has 3 aromatic rings. The molecular weight excluding hydrogens is 480 g/mol. The van der Waals surface area contributed by atoms with Crippen molar-refractivity contribution in [3.05, 3.63) is 76.0 Å². The van der Waals surface area contributed by atoms with Crippen LogP contribution in [0.2, 0.25) is 5.02 Å². The number of Topliss-reactive ketones (excluding diaryl/α,β-unsaturated/α-hetero) is 1. The summed E-state index contributed by atoms with van der Waals surface area (Å²) in [7, 11) is 0. The number of nitrogens with zero attached hydrogens (tertiary/aromatic N) is 3. The zero-order chi connectivity index (χ0) is 24.4. The third-order valence-corrected chi connectivity index (χ3v) is 7.58. The molecule has 1 aliphatic carbocycles. The molecule has 6 nitrogen and oxygen atoms in total. The Balaban J connectivity index is 1.42. The van der Waals surface area contributed by atoms with Crippen molar-refractivity contribution >= 4 is 35.1 Å². The average Bonchev–Trinajstić information content (AvgIpc) is 3.25. The van der Waals surface area contributed by atoms with Crippen molar-refractivity contribution in [3.63, 3.8) is 0 Å². The van der Waals surface area contributed by atoms with Crippen LogP contribution in [0.5, 0.6) is 5.75 Å². The summed E-state index contributed by atoms with van der Waals surface area (Å²) in [6.45, 7) is 5.07. The first kappa shape index (κ1) is 23.9. The minimum Gasteiger partial charge on any atom is -0.494 e. The summed E-state index contributed by atoms with van der Waals surface area (Å²) in [6, 6.07) is 15.5. The first-order chi connectivity index (χ1) is 17.0. The standard InChI is InChI=1S/C27H29ClN4O2S/c1-17(2)14-15-34-20-12-10-18(11-13-20)25-24-22(8-5-9-23(24)33)29-26-30-27(31-32(25)26)35-16-19-6-3-4-7-21(19)28/h3-4,6-7,10-13,17,25H,5,8-9,14-16H2,1-2H3,(H,29,30,31). The topological polar surface area (TPSA) is 69.0 Å². The Morgan fingerprint density at radius 1 is 1.17 bits per heavy atom. The predicted molar refractivity (Wildman–Crippen MR) is 140 cm³/mol. The molecular formula is C27H29ClN4O2S. The summed E-state index contributed by atoms with van der Waals surface area (Å²) >= 11 is 7.86. The number of thioether (sulfide) groups is 1. The van der Waals surface area contributed by atoms with Gasteiger partial charge < -0.3 is 10.1 Å². The Morgan fingerprint density at radius 3 is 2.74 bits per heavy atom. The highest BCUT2D eigenvalue weighted by atomic mass is 35.5. The maximum absolute atomic E-state index is 13.0. The van der Waals surface area contributed by atoms with Crippen molar-refractivity contribution in [2.75, 3.05) is 11.9 Å². The van der Waals surface area contributed by atoms with Gasteiger partial charge in [0.15, 0.2) is 5.78 Å². The fourth-order valence-corrected chi connectivity index (χ4v) is 5.54. The zero-order valence-electron chi connectivity index (χ0n) is 20.0. The van der Waals surface area contributed by atoms with Crippen molar-refractivity contribution in [2.45, 2.75) is 56.5 Å². The molecule has 8 heteroatoms. The number of halogens is 1. The lowest BCUT2D eigenvalue weighted by atomic mass is 9.85. The molecule has 2 aromatic carbocycles. The van der Waals surface area contributed by atoms with E-state index in [1.807, 2.05) is 53.2 Å². The van der Waals surface area contributed by atoms with Gasteiger partial charge in [-0.1, -0.05) is 67.5 Å². The first-order valence-corrected chi connectivity index (χ1v) is 13.4. The largest absolute Gasteiger partial charge is 0.494 e. The molecule has 2 heterocycles. The number of fused-ring (bicyclic) bond motifs is 1. The van der Waals surface area contributed by atoms with Crippen molar-refractivity contribution in [1.29, 1.82) is 0 Å². The minimum absolute atomic E-state index is 0.174. The van der Waals surface area contributed by atoms with Gasteiger partial charge in [-0.05, 0) is 54.5 Å². The van der Waals surface area contributed by atoms with Crippen LogP contribution >= 0.6 is 23.4 Å². The van der Waals surface area contributed by atoms with Crippen LogP contribution in [0, 0.1) is 5.92 Å². The van der Waals surface area contributed by atoms with E-state index in [4.69, 9.17) is 26.4 Å². The number of rotatable bonds is 8. The van der Waals surface area contributed by atoms with Crippen LogP contribution in [-0.2, 0) is 10.5 Å². The van der Waals surface area contributed by atoms with E-state index in [1.165, 1.54) is 11.8 Å². The monoisotopic (exact) mass is 508 g/mol. The molecule has 0 bridgehead atoms. The number of hydrogen-bond donors (Lipinski definition) is 1. The van der Waals surface area contributed by atoms with Gasteiger partial charge in [0.05, 0.1) is 6.61 Å². The number of ether oxygens (including phenoxy) is 1. The van der Waals surface area contributed by atoms with Crippen LogP contribution in [0.15, 0.2) is 65.0 Å². The minimum atomic E-state index is -0.305. The summed E-state index contributed by atoms with van der Waals surface area (Å²) in [5.74, 6) is 2.95. The van der Waals surface area contributed by atoms with Gasteiger partial charge in [0.1, 0.15) is 11.8 Å². The second-order valence-corrected chi connectivity index (χ2v) is 10.7. The third kappa shape index (κ3) is 5.26. The quantitative estimate of drug-likeness (QED) is 0.343. The Bertz CT molecular complexity index is 1250. The Labute approximate surface area is 215 Å². The van der Waals surface area contributed by atoms with E-state index in [0.717, 1.165) is 52.4 Å². The second kappa shape index (κ2) is 10.5. The number of aromatic nitrogens is 3. The number of hydrogen-bond acceptors (Lipinski definition) is 6. The lowest BCUT2D eigenvalue weighted by Gasteiger charge is -2.32. The van der Waals surface area contributed by atoms with Gasteiger partial charge in [-0.3, -0.25) is 4.79 Å². The highest BCUT2D eigenvalue weighted by Gasteiger charge is 2.36. The number of allylic oxidation sites excluding steroid dienone is 2. The molecule has 2 aliphatic rings. The Kier molecular flexibility index (Phi) is 7.16. The summed E-state index contributed by atoms with van der Waals surface area (Å²) in [5.41, 5.74) is 3.80. The van der Waals surface area contributed by atoms with Gasteiger partial charge in [0.25, 0.3) is 0 Å². The van der Waals surface area contributed by atoms with Crippen LogP contribution < -0.4 is 10.1 Å². The number of nitrogens with one attached hydrogen (secondary N) is 1. The van der Waals surface area contributed by atoms with E-state index in [1.54, 1.807) is 0 Å². The summed E-state index contributed by atoms with van der Waals surface area (Å²) in [4.78, 5) is 17.8. The number of ketones is 1. The Hall–Kier alpha value is -2.77. The average molecular weight is 509 g/mol. The van der Waals surface area contributed by atoms with Crippen molar-refractivity contribution in [1.82, 2.24) is 14.8 Å². The fourth-order valence-electron chi connectivity index (χ4n) is 4.42. The molecule has 0 saturated carbocycles. The van der Waals surface area contributed by atoms with E-state index >= 15 is 0 Å². The van der Waals surface area contributed by atoms with Gasteiger partial charge in [-0.25, -0.2) is 4.68 Å². The van der Waals surface area contributed by atoms with Crippen LogP contribution in [0.4, 0.5) is 5.95 Å². The smallest absolute Gasteiger partial charge is 0.227 e. The van der Waals surface area contributed by atoms with Gasteiger partial charge in [-0.2, -0.15) is 4.98 Å². The lowest BCUT2D eigenvalue weighted by molar-refractivity contribution is -0.116. The van der Waals surface area contributed by atoms with Crippen molar-refractivity contribution < 1.29 is 9.53 Å². The van der Waals surface area contributed by atoms with E-state index in [2.05, 4.69) is 19.2 Å². The molecule has 35 heavy (non-hydrogen) atoms. The SMILES string of the molecule is CC(C)CCOc1ccc(C2C3=C(CCCC3=O)Nc3nc(SCc4ccccc4Cl)nn32)cc1. The molecule has 0 amide bonds. The highest BCUT2D eigenvalue weighted by Crippen LogP contribution is 2.41. The zero-order valence-corrected chi connectivity index (χ0v) is 21.5. The maximum Gasteiger partial charge on any atom is 0.227 e. The van der Waals surface area contributed by atoms with Gasteiger partial charge >= 0.3 is 0 Å². The highest BCUT2D eigenvalue weighted by molar-refractivity contribution is 7.98. The number of benzene rings is 2. The molecule has 1 unspecified atom stereocenters. The number of carbonyl (C=O) groups excluding carboxylic acids is 1. The number of carbonyl (C=O) groups is 1. The lowest BCUT2D eigenvalue weighted by Crippen LogP contribution is -2.31. The van der Waals surface area contributed by atoms with Gasteiger partial charge in [-0.15, -0.1) is 5.10 Å². The van der Waals surface area contributed by atoms with E-state index in [0.29, 0.717) is 35.8 Å². The molecule has 1 N–H and O–H groups in total. The summed E-state index contributed by atoms with van der Waals surface area (Å²) in [5, 5.41) is 9.59. The van der Waals surface area contributed by atoms with Crippen LogP contribution in [-0.4, -0.2) is 27.2 Å². The van der Waals surface area contributed by atoms with Crippen molar-refractivity contribution in [3.8, 4) is 5.75 Å². The van der Waals surface area contributed by atoms with E-state index in [-0.39, 0.29) is 11.8 Å². The molecule has 182 valence electrons. The fraction of sp³-hybridized carbons (Fsp3) is 0.370. The molecule has 0 saturated heterocycles. The molecule has 5 rings (SSSR count). The van der Waals surface area contributed by atoms with Crippen molar-refractivity contribution in [2.24, 2.45) is 5.92 Å². The van der Waals surface area contributed by atoms with E-state index in [9.17, 15) is 4.79 Å². The molecule has 0 spiro atoms. The second-order valence-electron chi connectivity index (χ2n) is 9.34. The molecule has 1 aliphatic heterocycles. The molecule has 1 atom stereocenters. The normalized spacial score (nSPS) is 17.3. The van der Waals surface area contributed by atoms with Crippen LogP contribution in [0.1, 0.15) is 56.7 Å². The Morgan fingerprint density at radius 2 is 1.97 bits per heavy atom.